The normalized spacial score (nSPS) is 10.2. The fourth-order valence-electron chi connectivity index (χ4n) is 1.08. The molecule has 0 heterocycles. The zero-order chi connectivity index (χ0) is 9.14. The Morgan fingerprint density at radius 3 is 2.75 bits per heavy atom. The van der Waals surface area contributed by atoms with Crippen LogP contribution in [0, 0.1) is 0 Å². The maximum absolute atomic E-state index is 9.27. The van der Waals surface area contributed by atoms with Crippen LogP contribution in [0.1, 0.15) is 18.9 Å². The summed E-state index contributed by atoms with van der Waals surface area (Å²) < 4.78 is 0. The molecule has 0 saturated heterocycles. The summed E-state index contributed by atoms with van der Waals surface area (Å²) in [5.41, 5.74) is 6.73. The van der Waals surface area contributed by atoms with Crippen LogP contribution in [0.25, 0.3) is 0 Å². The van der Waals surface area contributed by atoms with Crippen molar-refractivity contribution in [2.45, 2.75) is 19.8 Å². The molecule has 12 heavy (non-hydrogen) atoms. The molecule has 1 aromatic carbocycles. The Kier molecular flexibility index (Phi) is 2.82. The Morgan fingerprint density at radius 1 is 1.50 bits per heavy atom. The third-order valence-corrected chi connectivity index (χ3v) is 2.07. The highest BCUT2D eigenvalue weighted by Crippen LogP contribution is 2.28. The lowest BCUT2D eigenvalue weighted by atomic mass is 10.1. The van der Waals surface area contributed by atoms with Gasteiger partial charge < -0.3 is 10.8 Å². The zero-order valence-corrected chi connectivity index (χ0v) is 7.73. The number of benzene rings is 1. The standard InChI is InChI=1S/C9H12ClNO/c1-2-3-6-4-9(12)8(11)5-7(6)10/h4-5,12H,2-3,11H2,1H3. The summed E-state index contributed by atoms with van der Waals surface area (Å²) in [6.07, 6.45) is 1.87. The monoisotopic (exact) mass is 185 g/mol. The van der Waals surface area contributed by atoms with E-state index < -0.39 is 0 Å². The van der Waals surface area contributed by atoms with Gasteiger partial charge in [0.15, 0.2) is 0 Å². The van der Waals surface area contributed by atoms with Crippen LogP contribution in [0.2, 0.25) is 5.02 Å². The van der Waals surface area contributed by atoms with Crippen molar-refractivity contribution in [2.75, 3.05) is 5.73 Å². The predicted molar refractivity (Wildman–Crippen MR) is 51.5 cm³/mol. The quantitative estimate of drug-likeness (QED) is 0.550. The molecule has 0 fully saturated rings. The highest BCUT2D eigenvalue weighted by molar-refractivity contribution is 6.31. The zero-order valence-electron chi connectivity index (χ0n) is 6.97. The van der Waals surface area contributed by atoms with E-state index in [9.17, 15) is 5.11 Å². The first kappa shape index (κ1) is 9.20. The molecular formula is C9H12ClNO. The Balaban J connectivity index is 3.05. The van der Waals surface area contributed by atoms with Gasteiger partial charge in [-0.05, 0) is 24.1 Å². The van der Waals surface area contributed by atoms with E-state index in [4.69, 9.17) is 17.3 Å². The van der Waals surface area contributed by atoms with Crippen molar-refractivity contribution >= 4 is 17.3 Å². The highest BCUT2D eigenvalue weighted by atomic mass is 35.5. The second kappa shape index (κ2) is 3.68. The lowest BCUT2D eigenvalue weighted by Gasteiger charge is -2.05. The summed E-state index contributed by atoms with van der Waals surface area (Å²) in [7, 11) is 0. The number of halogens is 1. The van der Waals surface area contributed by atoms with Gasteiger partial charge in [0.05, 0.1) is 5.69 Å². The highest BCUT2D eigenvalue weighted by Gasteiger charge is 2.03. The first-order chi connectivity index (χ1) is 5.65. The minimum Gasteiger partial charge on any atom is -0.506 e. The summed E-state index contributed by atoms with van der Waals surface area (Å²) in [5, 5.41) is 9.90. The molecule has 1 rings (SSSR count). The number of nitrogens with two attached hydrogens (primary N) is 1. The Bertz CT molecular complexity index is 286. The number of aromatic hydroxyl groups is 1. The summed E-state index contributed by atoms with van der Waals surface area (Å²) in [6.45, 7) is 2.06. The van der Waals surface area contributed by atoms with Gasteiger partial charge in [0, 0.05) is 5.02 Å². The van der Waals surface area contributed by atoms with Crippen LogP contribution in [-0.4, -0.2) is 5.11 Å². The molecule has 1 aromatic rings. The first-order valence-corrected chi connectivity index (χ1v) is 4.29. The van der Waals surface area contributed by atoms with Crippen LogP contribution in [-0.2, 0) is 6.42 Å². The Morgan fingerprint density at radius 2 is 2.17 bits per heavy atom. The van der Waals surface area contributed by atoms with E-state index in [0.29, 0.717) is 10.7 Å². The van der Waals surface area contributed by atoms with Crippen molar-refractivity contribution in [3.63, 3.8) is 0 Å². The molecule has 0 aliphatic rings. The van der Waals surface area contributed by atoms with Crippen LogP contribution in [0.3, 0.4) is 0 Å². The van der Waals surface area contributed by atoms with E-state index in [2.05, 4.69) is 6.92 Å². The summed E-state index contributed by atoms with van der Waals surface area (Å²) in [4.78, 5) is 0. The molecule has 0 amide bonds. The van der Waals surface area contributed by atoms with Crippen LogP contribution < -0.4 is 5.73 Å². The molecule has 0 aromatic heterocycles. The maximum atomic E-state index is 9.27. The fraction of sp³-hybridized carbons (Fsp3) is 0.333. The van der Waals surface area contributed by atoms with E-state index in [1.807, 2.05) is 0 Å². The van der Waals surface area contributed by atoms with Crippen molar-refractivity contribution in [3.05, 3.63) is 22.7 Å². The molecule has 0 atom stereocenters. The van der Waals surface area contributed by atoms with Crippen molar-refractivity contribution in [3.8, 4) is 5.75 Å². The molecule has 0 bridgehead atoms. The van der Waals surface area contributed by atoms with Gasteiger partial charge >= 0.3 is 0 Å². The summed E-state index contributed by atoms with van der Waals surface area (Å²) in [6, 6.07) is 3.21. The van der Waals surface area contributed by atoms with Crippen molar-refractivity contribution in [1.29, 1.82) is 0 Å². The van der Waals surface area contributed by atoms with Crippen molar-refractivity contribution in [2.24, 2.45) is 0 Å². The van der Waals surface area contributed by atoms with Gasteiger partial charge in [-0.1, -0.05) is 24.9 Å². The van der Waals surface area contributed by atoms with Gasteiger partial charge in [0.25, 0.3) is 0 Å². The molecule has 2 nitrogen and oxygen atoms in total. The van der Waals surface area contributed by atoms with E-state index in [1.165, 1.54) is 0 Å². The minimum atomic E-state index is 0.114. The van der Waals surface area contributed by atoms with Crippen molar-refractivity contribution < 1.29 is 5.11 Å². The second-order valence-electron chi connectivity index (χ2n) is 2.75. The van der Waals surface area contributed by atoms with Gasteiger partial charge in [-0.25, -0.2) is 0 Å². The van der Waals surface area contributed by atoms with Crippen LogP contribution in [0.15, 0.2) is 12.1 Å². The number of rotatable bonds is 2. The molecule has 3 heteroatoms. The first-order valence-electron chi connectivity index (χ1n) is 3.92. The van der Waals surface area contributed by atoms with Crippen molar-refractivity contribution in [1.82, 2.24) is 0 Å². The average Bonchev–Trinajstić information content (AvgIpc) is 2.01. The van der Waals surface area contributed by atoms with Crippen LogP contribution in [0.5, 0.6) is 5.75 Å². The molecule has 0 aliphatic carbocycles. The number of phenolic OH excluding ortho intramolecular Hbond substituents is 1. The van der Waals surface area contributed by atoms with Gasteiger partial charge in [-0.2, -0.15) is 0 Å². The Hall–Kier alpha value is -0.890. The number of phenols is 1. The van der Waals surface area contributed by atoms with E-state index in [-0.39, 0.29) is 5.75 Å². The van der Waals surface area contributed by atoms with Crippen LogP contribution in [0.4, 0.5) is 5.69 Å². The van der Waals surface area contributed by atoms with E-state index in [1.54, 1.807) is 12.1 Å². The summed E-state index contributed by atoms with van der Waals surface area (Å²) in [5.74, 6) is 0.114. The number of hydrogen-bond acceptors (Lipinski definition) is 2. The third kappa shape index (κ3) is 1.83. The molecule has 3 N–H and O–H groups in total. The number of nitrogen functional groups attached to an aromatic ring is 1. The van der Waals surface area contributed by atoms with E-state index in [0.717, 1.165) is 18.4 Å². The smallest absolute Gasteiger partial charge is 0.138 e. The molecular weight excluding hydrogens is 174 g/mol. The minimum absolute atomic E-state index is 0.114. The van der Waals surface area contributed by atoms with Gasteiger partial charge in [0.2, 0.25) is 0 Å². The molecule has 0 saturated carbocycles. The molecule has 0 spiro atoms. The summed E-state index contributed by atoms with van der Waals surface area (Å²) >= 11 is 5.89. The fourth-order valence-corrected chi connectivity index (χ4v) is 1.35. The lowest BCUT2D eigenvalue weighted by molar-refractivity contribution is 0.477. The van der Waals surface area contributed by atoms with Gasteiger partial charge in [0.1, 0.15) is 5.75 Å². The van der Waals surface area contributed by atoms with Gasteiger partial charge in [-0.3, -0.25) is 0 Å². The van der Waals surface area contributed by atoms with Gasteiger partial charge in [-0.15, -0.1) is 0 Å². The lowest BCUT2D eigenvalue weighted by Crippen LogP contribution is -1.90. The third-order valence-electron chi connectivity index (χ3n) is 1.72. The molecule has 66 valence electrons. The average molecular weight is 186 g/mol. The topological polar surface area (TPSA) is 46.2 Å². The number of aryl methyl sites for hydroxylation is 1. The number of hydrogen-bond donors (Lipinski definition) is 2. The second-order valence-corrected chi connectivity index (χ2v) is 3.16. The number of anilines is 1. The molecule has 0 aliphatic heterocycles. The molecule has 0 unspecified atom stereocenters. The maximum Gasteiger partial charge on any atom is 0.138 e. The largest absolute Gasteiger partial charge is 0.506 e. The predicted octanol–water partition coefficient (Wildman–Crippen LogP) is 2.58. The Labute approximate surface area is 77.0 Å². The van der Waals surface area contributed by atoms with Crippen LogP contribution >= 0.6 is 11.6 Å². The molecule has 0 radical (unpaired) electrons. The SMILES string of the molecule is CCCc1cc(O)c(N)cc1Cl. The van der Waals surface area contributed by atoms with E-state index >= 15 is 0 Å².